The molecule has 0 unspecified atom stereocenters. The summed E-state index contributed by atoms with van der Waals surface area (Å²) in [5.41, 5.74) is 1.61. The molecular formula is C18H19NO6. The van der Waals surface area contributed by atoms with Crippen molar-refractivity contribution >= 4 is 17.6 Å². The van der Waals surface area contributed by atoms with Gasteiger partial charge in [0.2, 0.25) is 6.79 Å². The number of fused-ring (bicyclic) bond motifs is 1. The molecule has 7 nitrogen and oxygen atoms in total. The average molecular weight is 345 g/mol. The quantitative estimate of drug-likeness (QED) is 0.857. The lowest BCUT2D eigenvalue weighted by molar-refractivity contribution is -0.123. The molecule has 1 atom stereocenters. The summed E-state index contributed by atoms with van der Waals surface area (Å²) in [6.07, 6.45) is -0.966. The molecule has 132 valence electrons. The number of carbonyl (C=O) groups excluding carboxylic acids is 2. The maximum atomic E-state index is 12.3. The van der Waals surface area contributed by atoms with Gasteiger partial charge in [0, 0.05) is 17.3 Å². The summed E-state index contributed by atoms with van der Waals surface area (Å²) in [6, 6.07) is 5.05. The smallest absolute Gasteiger partial charge is 0.342 e. The van der Waals surface area contributed by atoms with Crippen LogP contribution < -0.4 is 14.8 Å². The Morgan fingerprint density at radius 1 is 1.12 bits per heavy atom. The summed E-state index contributed by atoms with van der Waals surface area (Å²) in [6.45, 7) is 6.91. The molecule has 1 amide bonds. The fourth-order valence-corrected chi connectivity index (χ4v) is 2.59. The second kappa shape index (κ2) is 6.51. The van der Waals surface area contributed by atoms with Crippen molar-refractivity contribution in [2.45, 2.75) is 33.8 Å². The zero-order valence-electron chi connectivity index (χ0n) is 14.5. The number of rotatable bonds is 4. The van der Waals surface area contributed by atoms with Gasteiger partial charge in [-0.1, -0.05) is 0 Å². The number of esters is 1. The molecule has 1 aromatic carbocycles. The van der Waals surface area contributed by atoms with E-state index in [0.29, 0.717) is 39.8 Å². The first-order valence-electron chi connectivity index (χ1n) is 7.85. The molecule has 2 heterocycles. The zero-order valence-corrected chi connectivity index (χ0v) is 14.5. The van der Waals surface area contributed by atoms with Gasteiger partial charge >= 0.3 is 5.97 Å². The first-order chi connectivity index (χ1) is 11.9. The van der Waals surface area contributed by atoms with Crippen LogP contribution in [0.2, 0.25) is 0 Å². The van der Waals surface area contributed by atoms with Crippen molar-refractivity contribution in [1.82, 2.24) is 0 Å². The molecule has 0 aliphatic carbocycles. The van der Waals surface area contributed by atoms with E-state index >= 15 is 0 Å². The van der Waals surface area contributed by atoms with E-state index in [9.17, 15) is 9.59 Å². The highest BCUT2D eigenvalue weighted by atomic mass is 16.7. The number of carbonyl (C=O) groups is 2. The zero-order chi connectivity index (χ0) is 18.1. The van der Waals surface area contributed by atoms with E-state index in [0.717, 1.165) is 0 Å². The van der Waals surface area contributed by atoms with Crippen molar-refractivity contribution < 1.29 is 28.2 Å². The fraction of sp³-hybridized carbons (Fsp3) is 0.333. The van der Waals surface area contributed by atoms with Crippen molar-refractivity contribution in [3.63, 3.8) is 0 Å². The molecule has 1 aliphatic heterocycles. The molecule has 0 fully saturated rings. The monoisotopic (exact) mass is 345 g/mol. The number of ether oxygens (including phenoxy) is 3. The number of furan rings is 1. The number of hydrogen-bond donors (Lipinski definition) is 1. The SMILES string of the molecule is Cc1oc(C)c(C(=O)O[C@@H](C)C(=O)Nc2ccc3c(c2)OCO3)c1C. The van der Waals surface area contributed by atoms with E-state index in [1.54, 1.807) is 39.0 Å². The van der Waals surface area contributed by atoms with Crippen LogP contribution in [-0.2, 0) is 9.53 Å². The van der Waals surface area contributed by atoms with Gasteiger partial charge in [0.15, 0.2) is 17.6 Å². The van der Waals surface area contributed by atoms with Gasteiger partial charge in [-0.3, -0.25) is 4.79 Å². The molecule has 25 heavy (non-hydrogen) atoms. The first kappa shape index (κ1) is 16.9. The highest BCUT2D eigenvalue weighted by molar-refractivity contribution is 5.98. The van der Waals surface area contributed by atoms with Crippen molar-refractivity contribution in [3.8, 4) is 11.5 Å². The number of benzene rings is 1. The number of hydrogen-bond acceptors (Lipinski definition) is 6. The third kappa shape index (κ3) is 3.31. The van der Waals surface area contributed by atoms with Crippen molar-refractivity contribution in [2.24, 2.45) is 0 Å². The number of anilines is 1. The topological polar surface area (TPSA) is 87.0 Å². The minimum atomic E-state index is -0.966. The summed E-state index contributed by atoms with van der Waals surface area (Å²) in [7, 11) is 0. The molecule has 1 N–H and O–H groups in total. The lowest BCUT2D eigenvalue weighted by atomic mass is 10.1. The molecule has 0 saturated heterocycles. The second-order valence-electron chi connectivity index (χ2n) is 5.82. The standard InChI is InChI=1S/C18H19NO6/c1-9-10(2)24-11(3)16(9)18(21)25-12(4)17(20)19-13-5-6-14-15(7-13)23-8-22-14/h5-7,12H,8H2,1-4H3,(H,19,20)/t12-/m0/s1. The Labute approximate surface area is 144 Å². The molecule has 3 rings (SSSR count). The Morgan fingerprint density at radius 3 is 2.52 bits per heavy atom. The molecule has 0 bridgehead atoms. The molecule has 0 radical (unpaired) electrons. The molecule has 2 aromatic rings. The Kier molecular flexibility index (Phi) is 4.39. The third-order valence-corrected chi connectivity index (χ3v) is 4.06. The second-order valence-corrected chi connectivity index (χ2v) is 5.82. The minimum absolute atomic E-state index is 0.156. The van der Waals surface area contributed by atoms with Gasteiger partial charge in [0.05, 0.1) is 0 Å². The van der Waals surface area contributed by atoms with E-state index in [4.69, 9.17) is 18.6 Å². The van der Waals surface area contributed by atoms with Gasteiger partial charge in [-0.05, 0) is 39.8 Å². The molecule has 1 aliphatic rings. The molecule has 7 heteroatoms. The van der Waals surface area contributed by atoms with Crippen LogP contribution in [0.15, 0.2) is 22.6 Å². The van der Waals surface area contributed by atoms with Crippen molar-refractivity contribution in [1.29, 1.82) is 0 Å². The predicted octanol–water partition coefficient (Wildman–Crippen LogP) is 3.12. The summed E-state index contributed by atoms with van der Waals surface area (Å²) in [5.74, 6) is 1.29. The Balaban J connectivity index is 1.65. The van der Waals surface area contributed by atoms with Gasteiger partial charge in [-0.2, -0.15) is 0 Å². The van der Waals surface area contributed by atoms with E-state index in [1.165, 1.54) is 6.92 Å². The van der Waals surface area contributed by atoms with Crippen LogP contribution in [-0.4, -0.2) is 24.8 Å². The number of nitrogens with one attached hydrogen (secondary N) is 1. The van der Waals surface area contributed by atoms with Crippen molar-refractivity contribution in [2.75, 3.05) is 12.1 Å². The Bertz CT molecular complexity index is 838. The fourth-order valence-electron chi connectivity index (χ4n) is 2.59. The Hall–Kier alpha value is -2.96. The van der Waals surface area contributed by atoms with E-state index < -0.39 is 18.0 Å². The van der Waals surface area contributed by atoms with Crippen LogP contribution in [0.25, 0.3) is 0 Å². The molecular weight excluding hydrogens is 326 g/mol. The normalized spacial score (nSPS) is 13.4. The number of aryl methyl sites for hydroxylation is 2. The van der Waals surface area contributed by atoms with Crippen LogP contribution in [0.4, 0.5) is 5.69 Å². The van der Waals surface area contributed by atoms with Crippen molar-refractivity contribution in [3.05, 3.63) is 40.8 Å². The number of amides is 1. The van der Waals surface area contributed by atoms with Crippen LogP contribution in [0, 0.1) is 20.8 Å². The van der Waals surface area contributed by atoms with E-state index in [2.05, 4.69) is 5.32 Å². The highest BCUT2D eigenvalue weighted by Crippen LogP contribution is 2.34. The summed E-state index contributed by atoms with van der Waals surface area (Å²) < 4.78 is 21.2. The van der Waals surface area contributed by atoms with E-state index in [-0.39, 0.29) is 6.79 Å². The van der Waals surface area contributed by atoms with Gasteiger partial charge in [0.25, 0.3) is 5.91 Å². The van der Waals surface area contributed by atoms with Gasteiger partial charge in [-0.25, -0.2) is 4.79 Å². The minimum Gasteiger partial charge on any atom is -0.465 e. The third-order valence-electron chi connectivity index (χ3n) is 4.06. The largest absolute Gasteiger partial charge is 0.465 e. The molecule has 0 spiro atoms. The maximum Gasteiger partial charge on any atom is 0.342 e. The predicted molar refractivity (Wildman–Crippen MR) is 89.0 cm³/mol. The van der Waals surface area contributed by atoms with Gasteiger partial charge < -0.3 is 23.9 Å². The Morgan fingerprint density at radius 2 is 1.84 bits per heavy atom. The average Bonchev–Trinajstić information content (AvgIpc) is 3.11. The van der Waals surface area contributed by atoms with E-state index in [1.807, 2.05) is 0 Å². The maximum absolute atomic E-state index is 12.3. The lowest BCUT2D eigenvalue weighted by Gasteiger charge is -2.14. The summed E-state index contributed by atoms with van der Waals surface area (Å²) in [4.78, 5) is 24.6. The van der Waals surface area contributed by atoms with Crippen LogP contribution in [0.1, 0.15) is 34.4 Å². The van der Waals surface area contributed by atoms with Crippen LogP contribution in [0.5, 0.6) is 11.5 Å². The first-order valence-corrected chi connectivity index (χ1v) is 7.85. The summed E-state index contributed by atoms with van der Waals surface area (Å²) in [5, 5.41) is 2.69. The van der Waals surface area contributed by atoms with Gasteiger partial charge in [-0.15, -0.1) is 0 Å². The lowest BCUT2D eigenvalue weighted by Crippen LogP contribution is -2.30. The van der Waals surface area contributed by atoms with Crippen LogP contribution >= 0.6 is 0 Å². The summed E-state index contributed by atoms with van der Waals surface area (Å²) >= 11 is 0. The molecule has 1 aromatic heterocycles. The van der Waals surface area contributed by atoms with Crippen LogP contribution in [0.3, 0.4) is 0 Å². The molecule has 0 saturated carbocycles. The highest BCUT2D eigenvalue weighted by Gasteiger charge is 2.25. The van der Waals surface area contributed by atoms with Gasteiger partial charge in [0.1, 0.15) is 17.1 Å².